The molecule has 0 bridgehead atoms. The molecule has 0 aromatic carbocycles. The molecule has 1 aromatic rings. The van der Waals surface area contributed by atoms with Gasteiger partial charge in [-0.1, -0.05) is 0 Å². The molecule has 114 valence electrons. The van der Waals surface area contributed by atoms with Gasteiger partial charge in [0.1, 0.15) is 0 Å². The number of carbonyl (C=O) groups is 1. The van der Waals surface area contributed by atoms with Crippen LogP contribution in [0.1, 0.15) is 43.9 Å². The minimum atomic E-state index is -0.0735. The first-order valence-electron chi connectivity index (χ1n) is 6.82. The Bertz CT molecular complexity index is 452. The standard InChI is InChI=1S/C14H21BrN2OS.ClH/c1-9(12-6-7-13(15)19-12)14(18)17-8-4-3-5-11(17)10(2)16;/h6-7,9-11H,3-5,8,16H2,1-2H3;1H. The summed E-state index contributed by atoms with van der Waals surface area (Å²) in [6.07, 6.45) is 3.30. The highest BCUT2D eigenvalue weighted by molar-refractivity contribution is 9.11. The number of amides is 1. The van der Waals surface area contributed by atoms with E-state index >= 15 is 0 Å². The zero-order valence-corrected chi connectivity index (χ0v) is 15.1. The van der Waals surface area contributed by atoms with Crippen LogP contribution in [-0.2, 0) is 4.79 Å². The van der Waals surface area contributed by atoms with Crippen LogP contribution in [0.2, 0.25) is 0 Å². The Morgan fingerprint density at radius 2 is 2.15 bits per heavy atom. The van der Waals surface area contributed by atoms with Crippen molar-refractivity contribution in [3.8, 4) is 0 Å². The van der Waals surface area contributed by atoms with Crippen molar-refractivity contribution >= 4 is 45.6 Å². The minimum absolute atomic E-state index is 0. The highest BCUT2D eigenvalue weighted by atomic mass is 79.9. The second kappa shape index (κ2) is 7.78. The number of thiophene rings is 1. The maximum absolute atomic E-state index is 12.7. The fourth-order valence-corrected chi connectivity index (χ4v) is 4.18. The molecule has 0 spiro atoms. The molecule has 2 N–H and O–H groups in total. The van der Waals surface area contributed by atoms with Crippen LogP contribution in [-0.4, -0.2) is 29.4 Å². The third-order valence-corrected chi connectivity index (χ3v) is 5.64. The zero-order valence-electron chi connectivity index (χ0n) is 11.8. The highest BCUT2D eigenvalue weighted by Crippen LogP contribution is 2.31. The zero-order chi connectivity index (χ0) is 14.0. The van der Waals surface area contributed by atoms with Crippen LogP contribution in [0.3, 0.4) is 0 Å². The summed E-state index contributed by atoms with van der Waals surface area (Å²) in [5.41, 5.74) is 6.04. The SMILES string of the molecule is CC(C(=O)N1CCCCC1C(C)N)c1ccc(Br)s1.Cl. The molecular formula is C14H22BrClN2OS. The molecule has 1 aliphatic rings. The maximum Gasteiger partial charge on any atom is 0.230 e. The van der Waals surface area contributed by atoms with Gasteiger partial charge < -0.3 is 10.6 Å². The second-order valence-corrected chi connectivity index (χ2v) is 7.81. The highest BCUT2D eigenvalue weighted by Gasteiger charge is 2.32. The van der Waals surface area contributed by atoms with Gasteiger partial charge >= 0.3 is 0 Å². The fourth-order valence-electron chi connectivity index (χ4n) is 2.71. The fraction of sp³-hybridized carbons (Fsp3) is 0.643. The van der Waals surface area contributed by atoms with Crippen LogP contribution in [0.5, 0.6) is 0 Å². The largest absolute Gasteiger partial charge is 0.338 e. The van der Waals surface area contributed by atoms with Crippen LogP contribution < -0.4 is 5.73 Å². The van der Waals surface area contributed by atoms with Gasteiger partial charge in [0.05, 0.1) is 9.70 Å². The molecule has 1 saturated heterocycles. The van der Waals surface area contributed by atoms with Crippen molar-refractivity contribution in [2.75, 3.05) is 6.54 Å². The van der Waals surface area contributed by atoms with Crippen LogP contribution in [0.25, 0.3) is 0 Å². The van der Waals surface area contributed by atoms with E-state index in [1.165, 1.54) is 6.42 Å². The lowest BCUT2D eigenvalue weighted by atomic mass is 9.95. The lowest BCUT2D eigenvalue weighted by Crippen LogP contribution is -2.52. The van der Waals surface area contributed by atoms with Crippen LogP contribution >= 0.6 is 39.7 Å². The number of piperidine rings is 1. The Balaban J connectivity index is 0.00000200. The molecule has 0 radical (unpaired) electrons. The molecule has 0 saturated carbocycles. The van der Waals surface area contributed by atoms with Crippen molar-refractivity contribution in [1.29, 1.82) is 0 Å². The summed E-state index contributed by atoms with van der Waals surface area (Å²) >= 11 is 5.09. The lowest BCUT2D eigenvalue weighted by molar-refractivity contribution is -0.136. The van der Waals surface area contributed by atoms with E-state index < -0.39 is 0 Å². The van der Waals surface area contributed by atoms with Gasteiger partial charge in [0, 0.05) is 23.5 Å². The van der Waals surface area contributed by atoms with Crippen molar-refractivity contribution in [2.45, 2.75) is 51.1 Å². The number of likely N-dealkylation sites (tertiary alicyclic amines) is 1. The summed E-state index contributed by atoms with van der Waals surface area (Å²) in [5.74, 6) is 0.145. The topological polar surface area (TPSA) is 46.3 Å². The smallest absolute Gasteiger partial charge is 0.230 e. The number of rotatable bonds is 3. The molecule has 1 aliphatic heterocycles. The molecule has 1 amide bonds. The molecule has 3 unspecified atom stereocenters. The van der Waals surface area contributed by atoms with E-state index in [2.05, 4.69) is 15.9 Å². The van der Waals surface area contributed by atoms with Crippen molar-refractivity contribution in [1.82, 2.24) is 4.90 Å². The van der Waals surface area contributed by atoms with E-state index in [1.54, 1.807) is 11.3 Å². The molecule has 2 rings (SSSR count). The quantitative estimate of drug-likeness (QED) is 0.866. The van der Waals surface area contributed by atoms with Gasteiger partial charge in [0.25, 0.3) is 0 Å². The monoisotopic (exact) mass is 380 g/mol. The first kappa shape index (κ1) is 18.0. The van der Waals surface area contributed by atoms with Crippen LogP contribution in [0.4, 0.5) is 0 Å². The lowest BCUT2D eigenvalue weighted by Gasteiger charge is -2.39. The molecule has 1 fully saturated rings. The van der Waals surface area contributed by atoms with Gasteiger partial charge in [-0.15, -0.1) is 23.7 Å². The average Bonchev–Trinajstić information content (AvgIpc) is 2.83. The van der Waals surface area contributed by atoms with Crippen molar-refractivity contribution < 1.29 is 4.79 Å². The molecule has 1 aromatic heterocycles. The average molecular weight is 382 g/mol. The van der Waals surface area contributed by atoms with E-state index in [0.29, 0.717) is 0 Å². The Hall–Kier alpha value is -0.100. The Labute approximate surface area is 139 Å². The third kappa shape index (κ3) is 3.97. The molecule has 20 heavy (non-hydrogen) atoms. The van der Waals surface area contributed by atoms with Gasteiger partial charge in [-0.3, -0.25) is 4.79 Å². The first-order valence-corrected chi connectivity index (χ1v) is 8.43. The van der Waals surface area contributed by atoms with Gasteiger partial charge in [-0.2, -0.15) is 0 Å². The summed E-state index contributed by atoms with van der Waals surface area (Å²) in [4.78, 5) is 15.8. The predicted octanol–water partition coefficient (Wildman–Crippen LogP) is 3.76. The maximum atomic E-state index is 12.7. The molecular weight excluding hydrogens is 360 g/mol. The predicted molar refractivity (Wildman–Crippen MR) is 90.7 cm³/mol. The Kier molecular flexibility index (Phi) is 6.98. The second-order valence-electron chi connectivity index (χ2n) is 5.32. The van der Waals surface area contributed by atoms with Crippen molar-refractivity contribution in [3.63, 3.8) is 0 Å². The van der Waals surface area contributed by atoms with Gasteiger partial charge in [0.15, 0.2) is 0 Å². The number of halogens is 2. The van der Waals surface area contributed by atoms with E-state index in [9.17, 15) is 4.79 Å². The number of nitrogens with two attached hydrogens (primary N) is 1. The number of hydrogen-bond acceptors (Lipinski definition) is 3. The summed E-state index contributed by atoms with van der Waals surface area (Å²) < 4.78 is 1.07. The third-order valence-electron chi connectivity index (χ3n) is 3.83. The molecule has 2 heterocycles. The molecule has 0 aliphatic carbocycles. The van der Waals surface area contributed by atoms with Crippen LogP contribution in [0.15, 0.2) is 15.9 Å². The van der Waals surface area contributed by atoms with Gasteiger partial charge in [-0.25, -0.2) is 0 Å². The molecule has 6 heteroatoms. The number of hydrogen-bond donors (Lipinski definition) is 1. The normalized spacial score (nSPS) is 22.0. The minimum Gasteiger partial charge on any atom is -0.338 e. The van der Waals surface area contributed by atoms with E-state index in [1.807, 2.05) is 30.9 Å². The molecule has 3 atom stereocenters. The summed E-state index contributed by atoms with van der Waals surface area (Å²) in [6.45, 7) is 4.85. The van der Waals surface area contributed by atoms with Gasteiger partial charge in [0.2, 0.25) is 5.91 Å². The van der Waals surface area contributed by atoms with Crippen molar-refractivity contribution in [2.24, 2.45) is 5.73 Å². The number of nitrogens with zero attached hydrogens (tertiary/aromatic N) is 1. The first-order chi connectivity index (χ1) is 9.00. The van der Waals surface area contributed by atoms with E-state index in [0.717, 1.165) is 28.0 Å². The van der Waals surface area contributed by atoms with Gasteiger partial charge in [-0.05, 0) is 61.2 Å². The van der Waals surface area contributed by atoms with Crippen molar-refractivity contribution in [3.05, 3.63) is 20.8 Å². The summed E-state index contributed by atoms with van der Waals surface area (Å²) in [7, 11) is 0. The Morgan fingerprint density at radius 1 is 1.45 bits per heavy atom. The van der Waals surface area contributed by atoms with E-state index in [-0.39, 0.29) is 36.3 Å². The summed E-state index contributed by atoms with van der Waals surface area (Å²) in [5, 5.41) is 0. The molecule has 3 nitrogen and oxygen atoms in total. The summed E-state index contributed by atoms with van der Waals surface area (Å²) in [6, 6.07) is 4.28. The number of carbonyl (C=O) groups excluding carboxylic acids is 1. The van der Waals surface area contributed by atoms with E-state index in [4.69, 9.17) is 5.73 Å². The van der Waals surface area contributed by atoms with Crippen LogP contribution in [0, 0.1) is 0 Å². The Morgan fingerprint density at radius 3 is 2.70 bits per heavy atom.